The van der Waals surface area contributed by atoms with Crippen LogP contribution in [0.3, 0.4) is 0 Å². The summed E-state index contributed by atoms with van der Waals surface area (Å²) in [7, 11) is 0. The van der Waals surface area contributed by atoms with Crippen LogP contribution in [0.4, 0.5) is 0 Å². The Bertz CT molecular complexity index is 20.0. The van der Waals surface area contributed by atoms with E-state index >= 15 is 0 Å². The number of hydrogen-bond acceptors (Lipinski definition) is 1. The molecule has 0 unspecified atom stereocenters. The van der Waals surface area contributed by atoms with Gasteiger partial charge in [0.15, 0.2) is 0 Å². The molecule has 2 heteroatoms. The average molecular weight is 164 g/mol. The first-order valence-electron chi connectivity index (χ1n) is 1.26. The molecule has 1 radical (unpaired) electrons. The minimum atomic E-state index is -1.03. The van der Waals surface area contributed by atoms with Gasteiger partial charge in [-0.25, -0.2) is 0 Å². The Hall–Kier alpha value is 0.599. The predicted molar refractivity (Wildman–Crippen MR) is 16.9 cm³/mol. The molecule has 0 N–H and O–H groups in total. The van der Waals surface area contributed by atoms with Crippen LogP contribution in [0.2, 0.25) is 4.44 Å². The Morgan fingerprint density at radius 3 is 2.25 bits per heavy atom. The second-order valence-electron chi connectivity index (χ2n) is 0.498. The van der Waals surface area contributed by atoms with Crippen molar-refractivity contribution < 1.29 is 3.08 Å². The zero-order valence-electron chi connectivity index (χ0n) is 2.62. The van der Waals surface area contributed by atoms with Gasteiger partial charge in [0.05, 0.1) is 0 Å². The molecule has 0 saturated carbocycles. The van der Waals surface area contributed by atoms with Gasteiger partial charge in [-0.15, -0.1) is 0 Å². The molecule has 0 aromatic carbocycles. The standard InChI is InChI=1S/C2H5.O.Sn/c1-2;;/h1H2,2H3;;. The molecule has 0 fully saturated rings. The van der Waals surface area contributed by atoms with Crippen LogP contribution in [0.5, 0.6) is 0 Å². The van der Waals surface area contributed by atoms with Crippen molar-refractivity contribution in [3.8, 4) is 0 Å². The van der Waals surface area contributed by atoms with Gasteiger partial charge in [-0.05, 0) is 0 Å². The van der Waals surface area contributed by atoms with Crippen LogP contribution in [0.1, 0.15) is 6.92 Å². The molecule has 4 heavy (non-hydrogen) atoms. The van der Waals surface area contributed by atoms with Crippen molar-refractivity contribution in [1.82, 2.24) is 0 Å². The average Bonchev–Trinajstić information content (AvgIpc) is 1.37. The van der Waals surface area contributed by atoms with Crippen molar-refractivity contribution in [3.63, 3.8) is 0 Å². The Morgan fingerprint density at radius 2 is 2.25 bits per heavy atom. The first kappa shape index (κ1) is 4.60. The molecule has 0 aliphatic rings. The number of hydrogen-bond donors (Lipinski definition) is 0. The van der Waals surface area contributed by atoms with E-state index in [1.54, 1.807) is 0 Å². The van der Waals surface area contributed by atoms with Crippen molar-refractivity contribution in [2.24, 2.45) is 0 Å². The molecular weight excluding hydrogens is 159 g/mol. The predicted octanol–water partition coefficient (Wildman–Crippen LogP) is 0.474. The monoisotopic (exact) mass is 165 g/mol. The maximum absolute atomic E-state index is 9.47. The molecule has 0 spiro atoms. The first-order valence-corrected chi connectivity index (χ1v) is 4.45. The van der Waals surface area contributed by atoms with Gasteiger partial charge in [0.2, 0.25) is 0 Å². The molecule has 0 atom stereocenters. The summed E-state index contributed by atoms with van der Waals surface area (Å²) in [6, 6.07) is 0. The van der Waals surface area contributed by atoms with Gasteiger partial charge in [-0.1, -0.05) is 0 Å². The molecule has 0 aliphatic carbocycles. The first-order chi connectivity index (χ1) is 1.91. The van der Waals surface area contributed by atoms with E-state index in [2.05, 4.69) is 0 Å². The van der Waals surface area contributed by atoms with Crippen LogP contribution in [0, 0.1) is 0 Å². The summed E-state index contributed by atoms with van der Waals surface area (Å²) in [4.78, 5) is 0. The van der Waals surface area contributed by atoms with Crippen molar-refractivity contribution in [1.29, 1.82) is 0 Å². The van der Waals surface area contributed by atoms with Gasteiger partial charge in [0.1, 0.15) is 0 Å². The van der Waals surface area contributed by atoms with Crippen molar-refractivity contribution >= 4 is 21.1 Å². The van der Waals surface area contributed by atoms with E-state index < -0.39 is 21.1 Å². The zero-order valence-corrected chi connectivity index (χ0v) is 5.47. The molecule has 23 valence electrons. The fraction of sp³-hybridized carbons (Fsp3) is 1.00. The molecule has 0 amide bonds. The second-order valence-corrected chi connectivity index (χ2v) is 3.34. The third kappa shape index (κ3) is 2.60. The van der Waals surface area contributed by atoms with E-state index in [0.717, 1.165) is 4.44 Å². The van der Waals surface area contributed by atoms with Crippen molar-refractivity contribution in [2.45, 2.75) is 11.4 Å². The Kier molecular flexibility index (Phi) is 4.14. The van der Waals surface area contributed by atoms with Crippen LogP contribution in [0.15, 0.2) is 0 Å². The van der Waals surface area contributed by atoms with Crippen LogP contribution < -0.4 is 0 Å². The van der Waals surface area contributed by atoms with Crippen LogP contribution in [0.25, 0.3) is 0 Å². The van der Waals surface area contributed by atoms with Gasteiger partial charge in [-0.2, -0.15) is 0 Å². The van der Waals surface area contributed by atoms with Crippen LogP contribution in [-0.2, 0) is 3.08 Å². The van der Waals surface area contributed by atoms with E-state index in [9.17, 15) is 3.08 Å². The van der Waals surface area contributed by atoms with Gasteiger partial charge >= 0.3 is 35.6 Å². The summed E-state index contributed by atoms with van der Waals surface area (Å²) >= 11 is -1.03. The van der Waals surface area contributed by atoms with E-state index in [4.69, 9.17) is 0 Å². The summed E-state index contributed by atoms with van der Waals surface area (Å²) in [6.07, 6.45) is 0. The van der Waals surface area contributed by atoms with E-state index in [-0.39, 0.29) is 0 Å². The fourth-order valence-corrected chi connectivity index (χ4v) is 0. The molecule has 0 saturated heterocycles. The summed E-state index contributed by atoms with van der Waals surface area (Å²) < 4.78 is 10.4. The summed E-state index contributed by atoms with van der Waals surface area (Å²) in [5.74, 6) is 0. The third-order valence-electron chi connectivity index (χ3n) is 0.144. The molecule has 0 bridgehead atoms. The Morgan fingerprint density at radius 1 is 2.00 bits per heavy atom. The van der Waals surface area contributed by atoms with E-state index in [0.29, 0.717) is 0 Å². The normalized spacial score (nSPS) is 6.25. The molecular formula is C2H5OSn. The summed E-state index contributed by atoms with van der Waals surface area (Å²) in [5.41, 5.74) is 0. The number of rotatable bonds is 1. The molecule has 0 aliphatic heterocycles. The Balaban J connectivity index is 2.30. The molecule has 0 rings (SSSR count). The fourth-order valence-electron chi connectivity index (χ4n) is 0. The van der Waals surface area contributed by atoms with Crippen molar-refractivity contribution in [2.75, 3.05) is 0 Å². The second kappa shape index (κ2) is 3.60. The molecule has 0 aromatic heterocycles. The summed E-state index contributed by atoms with van der Waals surface area (Å²) in [5, 5.41) is 0. The minimum absolute atomic E-state index is 0.934. The quantitative estimate of drug-likeness (QED) is 0.514. The van der Waals surface area contributed by atoms with Gasteiger partial charge < -0.3 is 0 Å². The summed E-state index contributed by atoms with van der Waals surface area (Å²) in [6.45, 7) is 1.94. The van der Waals surface area contributed by atoms with E-state index in [1.807, 2.05) is 6.92 Å². The molecule has 1 nitrogen and oxygen atoms in total. The molecule has 0 aromatic rings. The van der Waals surface area contributed by atoms with Crippen LogP contribution >= 0.6 is 0 Å². The third-order valence-corrected chi connectivity index (χ3v) is 0.968. The van der Waals surface area contributed by atoms with Crippen molar-refractivity contribution in [3.05, 3.63) is 0 Å². The maximum atomic E-state index is 9.47. The van der Waals surface area contributed by atoms with Gasteiger partial charge in [0.25, 0.3) is 0 Å². The van der Waals surface area contributed by atoms with Gasteiger partial charge in [-0.3, -0.25) is 0 Å². The van der Waals surface area contributed by atoms with Gasteiger partial charge in [0, 0.05) is 0 Å². The Labute approximate surface area is 36.0 Å². The zero-order chi connectivity index (χ0) is 3.41. The molecule has 0 heterocycles. The van der Waals surface area contributed by atoms with E-state index in [1.165, 1.54) is 0 Å². The van der Waals surface area contributed by atoms with Crippen LogP contribution in [-0.4, -0.2) is 21.1 Å². The SMILES string of the molecule is C[CH2][Sn]=[O]. The topological polar surface area (TPSA) is 17.1 Å².